The topological polar surface area (TPSA) is 59.2 Å². The minimum Gasteiger partial charge on any atom is -0.472 e. The van der Waals surface area contributed by atoms with Gasteiger partial charge >= 0.3 is 0 Å². The van der Waals surface area contributed by atoms with E-state index in [1.165, 1.54) is 24.7 Å². The fraction of sp³-hybridized carbons (Fsp3) is 0.250. The van der Waals surface area contributed by atoms with Crippen LogP contribution < -0.4 is 0 Å². The standard InChI is InChI=1S/C20H16FN3O2/c21-14-3-1-12(2-4-14)19-22-10-16-17(23-19)9-15-5-6-18(16)24(15)20(25)13-7-8-26-11-13/h1-4,7-8,10-11,15,18H,5-6,9H2. The number of hydrogen-bond acceptors (Lipinski definition) is 4. The highest BCUT2D eigenvalue weighted by Gasteiger charge is 2.43. The summed E-state index contributed by atoms with van der Waals surface area (Å²) in [4.78, 5) is 24.0. The molecule has 2 bridgehead atoms. The number of aromatic nitrogens is 2. The quantitative estimate of drug-likeness (QED) is 0.706. The third kappa shape index (κ3) is 2.33. The fourth-order valence-corrected chi connectivity index (χ4v) is 4.06. The van der Waals surface area contributed by atoms with Crippen LogP contribution in [0, 0.1) is 5.82 Å². The summed E-state index contributed by atoms with van der Waals surface area (Å²) in [6, 6.07) is 8.04. The molecule has 3 aromatic rings. The maximum Gasteiger partial charge on any atom is 0.257 e. The molecule has 2 atom stereocenters. The molecule has 5 rings (SSSR count). The van der Waals surface area contributed by atoms with Gasteiger partial charge in [0.1, 0.15) is 12.1 Å². The third-order valence-corrected chi connectivity index (χ3v) is 5.30. The summed E-state index contributed by atoms with van der Waals surface area (Å²) in [6.45, 7) is 0. The SMILES string of the molecule is O=C(c1ccoc1)N1C2CCC1c1cnc(-c3ccc(F)cc3)nc1C2. The molecular weight excluding hydrogens is 333 g/mol. The van der Waals surface area contributed by atoms with E-state index < -0.39 is 0 Å². The van der Waals surface area contributed by atoms with Crippen LogP contribution in [0.5, 0.6) is 0 Å². The van der Waals surface area contributed by atoms with E-state index in [9.17, 15) is 9.18 Å². The van der Waals surface area contributed by atoms with E-state index in [2.05, 4.69) is 4.98 Å². The molecular formula is C20H16FN3O2. The van der Waals surface area contributed by atoms with Crippen LogP contribution in [0.25, 0.3) is 11.4 Å². The molecule has 1 aromatic carbocycles. The Balaban J connectivity index is 1.50. The molecule has 1 amide bonds. The number of benzene rings is 1. The zero-order chi connectivity index (χ0) is 17.7. The van der Waals surface area contributed by atoms with E-state index in [1.54, 1.807) is 18.2 Å². The Morgan fingerprint density at radius 3 is 2.81 bits per heavy atom. The highest BCUT2D eigenvalue weighted by Crippen LogP contribution is 2.44. The minimum absolute atomic E-state index is 0.000453. The zero-order valence-corrected chi connectivity index (χ0v) is 13.9. The van der Waals surface area contributed by atoms with Gasteiger partial charge in [-0.25, -0.2) is 14.4 Å². The maximum absolute atomic E-state index is 13.1. The second-order valence-corrected chi connectivity index (χ2v) is 6.78. The highest BCUT2D eigenvalue weighted by atomic mass is 19.1. The molecule has 0 saturated carbocycles. The summed E-state index contributed by atoms with van der Waals surface area (Å²) >= 11 is 0. The van der Waals surface area contributed by atoms with Gasteiger partial charge in [0.15, 0.2) is 5.82 Å². The lowest BCUT2D eigenvalue weighted by atomic mass is 9.98. The van der Waals surface area contributed by atoms with Gasteiger partial charge in [0.2, 0.25) is 0 Å². The minimum atomic E-state index is -0.279. The lowest BCUT2D eigenvalue weighted by molar-refractivity contribution is 0.0643. The first kappa shape index (κ1) is 15.3. The Morgan fingerprint density at radius 2 is 2.04 bits per heavy atom. The van der Waals surface area contributed by atoms with Gasteiger partial charge in [-0.05, 0) is 43.2 Å². The molecule has 6 heteroatoms. The van der Waals surface area contributed by atoms with Gasteiger partial charge in [-0.1, -0.05) is 0 Å². The van der Waals surface area contributed by atoms with Crippen molar-refractivity contribution in [3.05, 3.63) is 71.7 Å². The van der Waals surface area contributed by atoms with Crippen LogP contribution in [0.4, 0.5) is 4.39 Å². The predicted octanol–water partition coefficient (Wildman–Crippen LogP) is 3.78. The number of furan rings is 1. The Hall–Kier alpha value is -3.02. The van der Waals surface area contributed by atoms with E-state index in [1.807, 2.05) is 11.1 Å². The molecule has 1 saturated heterocycles. The molecule has 5 nitrogen and oxygen atoms in total. The number of hydrogen-bond donors (Lipinski definition) is 0. The van der Waals surface area contributed by atoms with Crippen LogP contribution in [-0.4, -0.2) is 26.8 Å². The zero-order valence-electron chi connectivity index (χ0n) is 13.9. The van der Waals surface area contributed by atoms with Crippen molar-refractivity contribution < 1.29 is 13.6 Å². The first-order valence-corrected chi connectivity index (χ1v) is 8.67. The van der Waals surface area contributed by atoms with Crippen molar-refractivity contribution in [2.75, 3.05) is 0 Å². The first-order chi connectivity index (χ1) is 12.7. The normalized spacial score (nSPS) is 20.9. The number of fused-ring (bicyclic) bond motifs is 4. The molecule has 0 aliphatic carbocycles. The summed E-state index contributed by atoms with van der Waals surface area (Å²) in [7, 11) is 0. The van der Waals surface area contributed by atoms with Crippen LogP contribution in [0.1, 0.15) is 40.5 Å². The molecule has 0 radical (unpaired) electrons. The number of carbonyl (C=O) groups excluding carboxylic acids is 1. The molecule has 2 unspecified atom stereocenters. The van der Waals surface area contributed by atoms with E-state index in [4.69, 9.17) is 9.40 Å². The van der Waals surface area contributed by atoms with Crippen molar-refractivity contribution in [1.82, 2.24) is 14.9 Å². The number of nitrogens with zero attached hydrogens (tertiary/aromatic N) is 3. The molecule has 130 valence electrons. The smallest absolute Gasteiger partial charge is 0.257 e. The van der Waals surface area contributed by atoms with Gasteiger partial charge in [0.25, 0.3) is 5.91 Å². The van der Waals surface area contributed by atoms with Crippen molar-refractivity contribution in [2.24, 2.45) is 0 Å². The van der Waals surface area contributed by atoms with E-state index >= 15 is 0 Å². The number of halogens is 1. The van der Waals surface area contributed by atoms with Crippen molar-refractivity contribution in [2.45, 2.75) is 31.3 Å². The number of carbonyl (C=O) groups is 1. The lowest BCUT2D eigenvalue weighted by Crippen LogP contribution is -2.42. The van der Waals surface area contributed by atoms with Crippen molar-refractivity contribution in [1.29, 1.82) is 0 Å². The lowest BCUT2D eigenvalue weighted by Gasteiger charge is -2.35. The maximum atomic E-state index is 13.1. The Labute approximate surface area is 149 Å². The fourth-order valence-electron chi connectivity index (χ4n) is 4.06. The van der Waals surface area contributed by atoms with Gasteiger partial charge < -0.3 is 9.32 Å². The van der Waals surface area contributed by atoms with Crippen LogP contribution in [0.2, 0.25) is 0 Å². The Bertz CT molecular complexity index is 969. The van der Waals surface area contributed by atoms with Crippen LogP contribution in [0.15, 0.2) is 53.5 Å². The molecule has 26 heavy (non-hydrogen) atoms. The molecule has 2 aromatic heterocycles. The van der Waals surface area contributed by atoms with Gasteiger partial charge in [-0.2, -0.15) is 0 Å². The average molecular weight is 349 g/mol. The average Bonchev–Trinajstić information content (AvgIpc) is 3.29. The first-order valence-electron chi connectivity index (χ1n) is 8.67. The van der Waals surface area contributed by atoms with Gasteiger partial charge in [-0.15, -0.1) is 0 Å². The number of rotatable bonds is 2. The highest BCUT2D eigenvalue weighted by molar-refractivity contribution is 5.94. The van der Waals surface area contributed by atoms with Gasteiger partial charge in [-0.3, -0.25) is 4.79 Å². The molecule has 2 aliphatic rings. The summed E-state index contributed by atoms with van der Waals surface area (Å²) in [6.07, 6.45) is 7.42. The van der Waals surface area contributed by atoms with Crippen LogP contribution in [0.3, 0.4) is 0 Å². The monoisotopic (exact) mass is 349 g/mol. The van der Waals surface area contributed by atoms with Gasteiger partial charge in [0, 0.05) is 29.8 Å². The van der Waals surface area contributed by atoms with Crippen LogP contribution >= 0.6 is 0 Å². The van der Waals surface area contributed by atoms with Crippen molar-refractivity contribution in [3.63, 3.8) is 0 Å². The van der Waals surface area contributed by atoms with E-state index in [-0.39, 0.29) is 23.8 Å². The van der Waals surface area contributed by atoms with Crippen molar-refractivity contribution in [3.8, 4) is 11.4 Å². The molecule has 4 heterocycles. The molecule has 1 fully saturated rings. The largest absolute Gasteiger partial charge is 0.472 e. The Morgan fingerprint density at radius 1 is 1.19 bits per heavy atom. The predicted molar refractivity (Wildman–Crippen MR) is 91.8 cm³/mol. The number of amides is 1. The molecule has 0 N–H and O–H groups in total. The second kappa shape index (κ2) is 5.76. The second-order valence-electron chi connectivity index (χ2n) is 6.78. The Kier molecular flexibility index (Phi) is 3.38. The third-order valence-electron chi connectivity index (χ3n) is 5.30. The molecule has 0 spiro atoms. The summed E-state index contributed by atoms with van der Waals surface area (Å²) in [5, 5.41) is 0. The molecule has 2 aliphatic heterocycles. The van der Waals surface area contributed by atoms with Gasteiger partial charge in [0.05, 0.1) is 23.6 Å². The summed E-state index contributed by atoms with van der Waals surface area (Å²) in [5.41, 5.74) is 3.37. The summed E-state index contributed by atoms with van der Waals surface area (Å²) < 4.78 is 18.2. The van der Waals surface area contributed by atoms with Crippen molar-refractivity contribution >= 4 is 5.91 Å². The van der Waals surface area contributed by atoms with E-state index in [0.29, 0.717) is 17.8 Å². The summed E-state index contributed by atoms with van der Waals surface area (Å²) in [5.74, 6) is 0.315. The van der Waals surface area contributed by atoms with Crippen LogP contribution in [-0.2, 0) is 6.42 Å². The van der Waals surface area contributed by atoms with E-state index in [0.717, 1.165) is 29.7 Å².